The molecule has 1 fully saturated rings. The van der Waals surface area contributed by atoms with Gasteiger partial charge in [-0.1, -0.05) is 18.2 Å². The highest BCUT2D eigenvalue weighted by molar-refractivity contribution is 9.10. The number of aromatic nitrogens is 1. The monoisotopic (exact) mass is 512 g/mol. The number of fused-ring (bicyclic) bond motifs is 1. The fraction of sp³-hybridized carbons (Fsp3) is 0.280. The molecule has 1 atom stereocenters. The first-order valence-electron chi connectivity index (χ1n) is 10.6. The van der Waals surface area contributed by atoms with Gasteiger partial charge in [-0.25, -0.2) is 0 Å². The molecule has 172 valence electrons. The number of hydrogen-bond acceptors (Lipinski definition) is 5. The van der Waals surface area contributed by atoms with Gasteiger partial charge in [0.2, 0.25) is 0 Å². The van der Waals surface area contributed by atoms with Crippen LogP contribution in [0.1, 0.15) is 31.0 Å². The summed E-state index contributed by atoms with van der Waals surface area (Å²) in [6.07, 6.45) is 1.78. The lowest BCUT2D eigenvalue weighted by molar-refractivity contribution is -0.140. The van der Waals surface area contributed by atoms with Crippen LogP contribution < -0.4 is 4.74 Å². The zero-order valence-corrected chi connectivity index (χ0v) is 20.2. The second-order valence-electron chi connectivity index (χ2n) is 8.05. The van der Waals surface area contributed by atoms with E-state index in [0.717, 1.165) is 16.5 Å². The standard InChI is InChI=1S/C25H25BrN2O5/c1-14(2)33-11-10-28-22(17-13-27-19-7-5-4-6-16(17)19)21(24(30)25(28)31)23(29)15-8-9-20(32-3)18(26)12-15/h4-9,12-14,22,27,29H,10-11H2,1-3H3/b23-21+. The van der Waals surface area contributed by atoms with Crippen LogP contribution in [0.4, 0.5) is 0 Å². The van der Waals surface area contributed by atoms with Crippen molar-refractivity contribution in [2.45, 2.75) is 26.0 Å². The number of hydrogen-bond donors (Lipinski definition) is 2. The quantitative estimate of drug-likeness (QED) is 0.270. The molecule has 2 N–H and O–H groups in total. The van der Waals surface area contributed by atoms with Crippen LogP contribution >= 0.6 is 15.9 Å². The third-order valence-corrected chi connectivity index (χ3v) is 6.28. The summed E-state index contributed by atoms with van der Waals surface area (Å²) in [5.41, 5.74) is 2.07. The smallest absolute Gasteiger partial charge is 0.295 e. The molecule has 0 saturated carbocycles. The fourth-order valence-corrected chi connectivity index (χ4v) is 4.65. The number of aromatic amines is 1. The third kappa shape index (κ3) is 4.28. The Kier molecular flexibility index (Phi) is 6.58. The molecule has 4 rings (SSSR count). The summed E-state index contributed by atoms with van der Waals surface area (Å²) >= 11 is 3.41. The minimum atomic E-state index is -0.752. The number of carbonyl (C=O) groups excluding carboxylic acids is 2. The maximum absolute atomic E-state index is 13.2. The molecule has 8 heteroatoms. The lowest BCUT2D eigenvalue weighted by Gasteiger charge is -2.25. The number of benzene rings is 2. The zero-order valence-electron chi connectivity index (χ0n) is 18.6. The van der Waals surface area contributed by atoms with E-state index in [1.54, 1.807) is 31.5 Å². The molecule has 33 heavy (non-hydrogen) atoms. The molecule has 2 heterocycles. The molecule has 1 unspecified atom stereocenters. The number of nitrogens with zero attached hydrogens (tertiary/aromatic N) is 1. The van der Waals surface area contributed by atoms with Crippen molar-refractivity contribution in [3.05, 3.63) is 69.8 Å². The maximum Gasteiger partial charge on any atom is 0.295 e. The fourth-order valence-electron chi connectivity index (χ4n) is 4.11. The van der Waals surface area contributed by atoms with Gasteiger partial charge in [0.1, 0.15) is 11.5 Å². The van der Waals surface area contributed by atoms with Crippen molar-refractivity contribution in [3.8, 4) is 5.75 Å². The summed E-state index contributed by atoms with van der Waals surface area (Å²) in [6.45, 7) is 4.31. The highest BCUT2D eigenvalue weighted by atomic mass is 79.9. The van der Waals surface area contributed by atoms with Gasteiger partial charge in [0.25, 0.3) is 11.7 Å². The van der Waals surface area contributed by atoms with Gasteiger partial charge in [-0.2, -0.15) is 0 Å². The second-order valence-corrected chi connectivity index (χ2v) is 8.91. The van der Waals surface area contributed by atoms with E-state index in [0.29, 0.717) is 15.8 Å². The van der Waals surface area contributed by atoms with Gasteiger partial charge in [-0.3, -0.25) is 9.59 Å². The Bertz CT molecular complexity index is 1250. The number of carbonyl (C=O) groups is 2. The van der Waals surface area contributed by atoms with Gasteiger partial charge in [0.15, 0.2) is 0 Å². The van der Waals surface area contributed by atoms with Crippen LogP contribution in [0.3, 0.4) is 0 Å². The summed E-state index contributed by atoms with van der Waals surface area (Å²) in [4.78, 5) is 30.9. The van der Waals surface area contributed by atoms with Crippen LogP contribution in [0.25, 0.3) is 16.7 Å². The van der Waals surface area contributed by atoms with Gasteiger partial charge >= 0.3 is 0 Å². The number of amides is 1. The van der Waals surface area contributed by atoms with E-state index in [1.807, 2.05) is 38.1 Å². The number of nitrogens with one attached hydrogen (secondary N) is 1. The number of rotatable bonds is 7. The van der Waals surface area contributed by atoms with Crippen LogP contribution in [0.5, 0.6) is 5.75 Å². The molecule has 1 aliphatic heterocycles. The van der Waals surface area contributed by atoms with Gasteiger partial charge in [-0.05, 0) is 54.0 Å². The molecule has 7 nitrogen and oxygen atoms in total. The number of Topliss-reactive ketones (excluding diaryl/α,β-unsaturated/α-hetero) is 1. The lowest BCUT2D eigenvalue weighted by Crippen LogP contribution is -2.33. The lowest BCUT2D eigenvalue weighted by atomic mass is 9.95. The Morgan fingerprint density at radius 2 is 1.97 bits per heavy atom. The van der Waals surface area contributed by atoms with E-state index < -0.39 is 17.7 Å². The zero-order chi connectivity index (χ0) is 23.7. The highest BCUT2D eigenvalue weighted by Gasteiger charge is 2.46. The molecule has 3 aromatic rings. The summed E-state index contributed by atoms with van der Waals surface area (Å²) < 4.78 is 11.5. The first-order valence-corrected chi connectivity index (χ1v) is 11.4. The largest absolute Gasteiger partial charge is 0.507 e. The van der Waals surface area contributed by atoms with E-state index >= 15 is 0 Å². The number of para-hydroxylation sites is 1. The molecule has 0 spiro atoms. The van der Waals surface area contributed by atoms with Crippen molar-refractivity contribution in [1.82, 2.24) is 9.88 Å². The number of methoxy groups -OCH3 is 1. The van der Waals surface area contributed by atoms with Gasteiger partial charge in [0, 0.05) is 34.8 Å². The van der Waals surface area contributed by atoms with Crippen LogP contribution in [0.2, 0.25) is 0 Å². The maximum atomic E-state index is 13.2. The molecular weight excluding hydrogens is 488 g/mol. The SMILES string of the molecule is COc1ccc(/C(O)=C2\C(=O)C(=O)N(CCOC(C)C)C2c2c[nH]c3ccccc23)cc1Br. The normalized spacial score (nSPS) is 18.0. The predicted octanol–water partition coefficient (Wildman–Crippen LogP) is 4.79. The van der Waals surface area contributed by atoms with E-state index in [-0.39, 0.29) is 30.6 Å². The van der Waals surface area contributed by atoms with Crippen molar-refractivity contribution in [3.63, 3.8) is 0 Å². The van der Waals surface area contributed by atoms with Gasteiger partial charge in [0.05, 0.1) is 35.9 Å². The van der Waals surface area contributed by atoms with Crippen molar-refractivity contribution in [1.29, 1.82) is 0 Å². The number of halogens is 1. The van der Waals surface area contributed by atoms with Crippen LogP contribution in [0.15, 0.2) is 58.7 Å². The summed E-state index contributed by atoms with van der Waals surface area (Å²) in [6, 6.07) is 11.9. The Labute approximate surface area is 200 Å². The molecule has 1 aromatic heterocycles. The molecule has 2 aromatic carbocycles. The Hall–Kier alpha value is -3.10. The molecule has 1 saturated heterocycles. The first kappa shape index (κ1) is 23.1. The Morgan fingerprint density at radius 1 is 1.21 bits per heavy atom. The van der Waals surface area contributed by atoms with Crippen molar-refractivity contribution < 1.29 is 24.2 Å². The van der Waals surface area contributed by atoms with E-state index in [1.165, 1.54) is 4.90 Å². The summed E-state index contributed by atoms with van der Waals surface area (Å²) in [5.74, 6) is -1.03. The molecule has 1 amide bonds. The minimum Gasteiger partial charge on any atom is -0.507 e. The van der Waals surface area contributed by atoms with E-state index in [2.05, 4.69) is 20.9 Å². The molecular formula is C25H25BrN2O5. The first-order chi connectivity index (χ1) is 15.8. The number of aliphatic hydroxyl groups excluding tert-OH is 1. The number of H-pyrrole nitrogens is 1. The van der Waals surface area contributed by atoms with Crippen molar-refractivity contribution in [2.75, 3.05) is 20.3 Å². The predicted molar refractivity (Wildman–Crippen MR) is 129 cm³/mol. The van der Waals surface area contributed by atoms with Crippen LogP contribution in [-0.2, 0) is 14.3 Å². The summed E-state index contributed by atoms with van der Waals surface area (Å²) in [7, 11) is 1.54. The van der Waals surface area contributed by atoms with Crippen molar-refractivity contribution in [2.24, 2.45) is 0 Å². The number of ether oxygens (including phenoxy) is 2. The molecule has 0 aliphatic carbocycles. The average Bonchev–Trinajstić information content (AvgIpc) is 3.32. The number of aliphatic hydroxyl groups is 1. The molecule has 0 bridgehead atoms. The molecule has 0 radical (unpaired) electrons. The number of ketones is 1. The van der Waals surface area contributed by atoms with E-state index in [9.17, 15) is 14.7 Å². The van der Waals surface area contributed by atoms with Crippen LogP contribution in [0, 0.1) is 0 Å². The second kappa shape index (κ2) is 9.41. The minimum absolute atomic E-state index is 0.00925. The third-order valence-electron chi connectivity index (χ3n) is 5.66. The topological polar surface area (TPSA) is 91.9 Å². The van der Waals surface area contributed by atoms with Gasteiger partial charge in [-0.15, -0.1) is 0 Å². The highest BCUT2D eigenvalue weighted by Crippen LogP contribution is 2.42. The average molecular weight is 513 g/mol. The van der Waals surface area contributed by atoms with Crippen LogP contribution in [-0.4, -0.2) is 53.0 Å². The molecule has 1 aliphatic rings. The number of likely N-dealkylation sites (tertiary alicyclic amines) is 1. The van der Waals surface area contributed by atoms with Crippen molar-refractivity contribution >= 4 is 44.3 Å². The Morgan fingerprint density at radius 3 is 2.67 bits per heavy atom. The van der Waals surface area contributed by atoms with E-state index in [4.69, 9.17) is 9.47 Å². The van der Waals surface area contributed by atoms with Gasteiger partial charge < -0.3 is 24.5 Å². The summed E-state index contributed by atoms with van der Waals surface area (Å²) in [5, 5.41) is 12.1. The Balaban J connectivity index is 1.86.